The Hall–Kier alpha value is -1.02. The molecule has 0 heterocycles. The highest BCUT2D eigenvalue weighted by molar-refractivity contribution is 5.38. The highest BCUT2D eigenvalue weighted by Gasteiger charge is 2.12. The van der Waals surface area contributed by atoms with Gasteiger partial charge in [-0.2, -0.15) is 0 Å². The van der Waals surface area contributed by atoms with Crippen molar-refractivity contribution in [1.29, 1.82) is 0 Å². The molecular weight excluding hydrogens is 212 g/mol. The summed E-state index contributed by atoms with van der Waals surface area (Å²) in [4.78, 5) is 0. The van der Waals surface area contributed by atoms with Crippen molar-refractivity contribution < 1.29 is 9.84 Å². The van der Waals surface area contributed by atoms with Crippen LogP contribution in [0.2, 0.25) is 0 Å². The van der Waals surface area contributed by atoms with E-state index in [1.165, 1.54) is 0 Å². The molecule has 2 nitrogen and oxygen atoms in total. The standard InChI is InChI=1S/C15H24O2/c1-11-6-7-14(13(10-11)12(2)16)17-9-8-15(3,4)5/h6-7,10,12,16H,8-9H2,1-5H3/t12-/m1/s1. The largest absolute Gasteiger partial charge is 0.493 e. The normalized spacial score (nSPS) is 13.5. The third kappa shape index (κ3) is 4.78. The van der Waals surface area contributed by atoms with Crippen molar-refractivity contribution in [2.24, 2.45) is 5.41 Å². The lowest BCUT2D eigenvalue weighted by Gasteiger charge is -2.20. The molecule has 96 valence electrons. The van der Waals surface area contributed by atoms with Crippen LogP contribution in [0.15, 0.2) is 18.2 Å². The zero-order chi connectivity index (χ0) is 13.1. The molecule has 0 bridgehead atoms. The van der Waals surface area contributed by atoms with Gasteiger partial charge in [0.25, 0.3) is 0 Å². The monoisotopic (exact) mass is 236 g/mol. The first-order chi connectivity index (χ1) is 7.79. The molecule has 0 radical (unpaired) electrons. The molecule has 0 aromatic heterocycles. The van der Waals surface area contributed by atoms with Gasteiger partial charge >= 0.3 is 0 Å². The van der Waals surface area contributed by atoms with E-state index >= 15 is 0 Å². The van der Waals surface area contributed by atoms with E-state index in [0.29, 0.717) is 6.61 Å². The number of hydrogen-bond acceptors (Lipinski definition) is 2. The molecule has 17 heavy (non-hydrogen) atoms. The lowest BCUT2D eigenvalue weighted by molar-refractivity contribution is 0.186. The Labute approximate surface area is 105 Å². The maximum atomic E-state index is 9.71. The first-order valence-corrected chi connectivity index (χ1v) is 6.21. The molecule has 0 aliphatic heterocycles. The number of rotatable bonds is 4. The number of aryl methyl sites for hydroxylation is 1. The fourth-order valence-corrected chi connectivity index (χ4v) is 1.59. The predicted molar refractivity (Wildman–Crippen MR) is 71.4 cm³/mol. The van der Waals surface area contributed by atoms with E-state index in [2.05, 4.69) is 20.8 Å². The van der Waals surface area contributed by atoms with E-state index in [-0.39, 0.29) is 5.41 Å². The average Bonchev–Trinajstić information content (AvgIpc) is 2.18. The first-order valence-electron chi connectivity index (χ1n) is 6.21. The van der Waals surface area contributed by atoms with Crippen molar-refractivity contribution in [1.82, 2.24) is 0 Å². The SMILES string of the molecule is Cc1ccc(OCCC(C)(C)C)c([C@@H](C)O)c1. The molecule has 2 heteroatoms. The average molecular weight is 236 g/mol. The van der Waals surface area contributed by atoms with Crippen molar-refractivity contribution in [2.75, 3.05) is 6.61 Å². The second-order valence-electron chi connectivity index (χ2n) is 5.88. The topological polar surface area (TPSA) is 29.5 Å². The second-order valence-corrected chi connectivity index (χ2v) is 5.88. The summed E-state index contributed by atoms with van der Waals surface area (Å²) in [6.07, 6.45) is 0.514. The van der Waals surface area contributed by atoms with Crippen molar-refractivity contribution in [3.8, 4) is 5.75 Å². The summed E-state index contributed by atoms with van der Waals surface area (Å²) in [5.41, 5.74) is 2.29. The van der Waals surface area contributed by atoms with Gasteiger partial charge in [0.2, 0.25) is 0 Å². The fraction of sp³-hybridized carbons (Fsp3) is 0.600. The first kappa shape index (κ1) is 14.0. The Morgan fingerprint density at radius 2 is 1.94 bits per heavy atom. The molecule has 0 saturated heterocycles. The molecule has 0 spiro atoms. The minimum absolute atomic E-state index is 0.274. The van der Waals surface area contributed by atoms with Gasteiger partial charge in [-0.05, 0) is 37.8 Å². The number of aliphatic hydroxyl groups is 1. The fourth-order valence-electron chi connectivity index (χ4n) is 1.59. The van der Waals surface area contributed by atoms with Gasteiger partial charge in [-0.15, -0.1) is 0 Å². The minimum Gasteiger partial charge on any atom is -0.493 e. The molecule has 0 aliphatic carbocycles. The molecule has 1 aromatic rings. The van der Waals surface area contributed by atoms with E-state index in [1.54, 1.807) is 6.92 Å². The molecule has 1 N–H and O–H groups in total. The van der Waals surface area contributed by atoms with Crippen LogP contribution in [-0.4, -0.2) is 11.7 Å². The van der Waals surface area contributed by atoms with Gasteiger partial charge in [0, 0.05) is 5.56 Å². The Morgan fingerprint density at radius 1 is 1.29 bits per heavy atom. The maximum Gasteiger partial charge on any atom is 0.125 e. The van der Waals surface area contributed by atoms with Crippen LogP contribution in [-0.2, 0) is 0 Å². The highest BCUT2D eigenvalue weighted by atomic mass is 16.5. The molecule has 1 atom stereocenters. The van der Waals surface area contributed by atoms with Gasteiger partial charge < -0.3 is 9.84 Å². The van der Waals surface area contributed by atoms with E-state index in [9.17, 15) is 5.11 Å². The summed E-state index contributed by atoms with van der Waals surface area (Å²) in [5, 5.41) is 9.71. The van der Waals surface area contributed by atoms with Gasteiger partial charge in [-0.25, -0.2) is 0 Å². The van der Waals surface area contributed by atoms with Crippen LogP contribution in [0.3, 0.4) is 0 Å². The van der Waals surface area contributed by atoms with Crippen LogP contribution in [0, 0.1) is 12.3 Å². The van der Waals surface area contributed by atoms with Crippen LogP contribution in [0.5, 0.6) is 5.75 Å². The quantitative estimate of drug-likeness (QED) is 0.860. The van der Waals surface area contributed by atoms with Crippen molar-refractivity contribution in [3.63, 3.8) is 0 Å². The van der Waals surface area contributed by atoms with Crippen LogP contribution in [0.4, 0.5) is 0 Å². The molecule has 1 aromatic carbocycles. The Morgan fingerprint density at radius 3 is 2.47 bits per heavy atom. The molecule has 1 rings (SSSR count). The van der Waals surface area contributed by atoms with Gasteiger partial charge in [0.05, 0.1) is 12.7 Å². The Balaban J connectivity index is 2.70. The van der Waals surface area contributed by atoms with Crippen LogP contribution >= 0.6 is 0 Å². The van der Waals surface area contributed by atoms with Crippen molar-refractivity contribution in [2.45, 2.75) is 47.1 Å². The van der Waals surface area contributed by atoms with Gasteiger partial charge in [0.1, 0.15) is 5.75 Å². The van der Waals surface area contributed by atoms with Gasteiger partial charge in [-0.3, -0.25) is 0 Å². The third-order valence-corrected chi connectivity index (χ3v) is 2.73. The predicted octanol–water partition coefficient (Wildman–Crippen LogP) is 3.86. The lowest BCUT2D eigenvalue weighted by Crippen LogP contribution is -2.12. The summed E-state index contributed by atoms with van der Waals surface area (Å²) in [6, 6.07) is 5.94. The zero-order valence-corrected chi connectivity index (χ0v) is 11.6. The number of benzene rings is 1. The molecule has 0 aliphatic rings. The molecule has 0 unspecified atom stereocenters. The van der Waals surface area contributed by atoms with Crippen LogP contribution < -0.4 is 4.74 Å². The zero-order valence-electron chi connectivity index (χ0n) is 11.6. The van der Waals surface area contributed by atoms with Crippen molar-refractivity contribution in [3.05, 3.63) is 29.3 Å². The molecular formula is C15H24O2. The van der Waals surface area contributed by atoms with Gasteiger partial charge in [-0.1, -0.05) is 32.4 Å². The summed E-state index contributed by atoms with van der Waals surface area (Å²) in [6.45, 7) is 11.1. The third-order valence-electron chi connectivity index (χ3n) is 2.73. The molecule has 0 fully saturated rings. The van der Waals surface area contributed by atoms with Crippen LogP contribution in [0.1, 0.15) is 51.3 Å². The summed E-state index contributed by atoms with van der Waals surface area (Å²) >= 11 is 0. The Kier molecular flexibility index (Phi) is 4.58. The molecule has 0 amide bonds. The number of ether oxygens (including phenoxy) is 1. The minimum atomic E-state index is -0.487. The van der Waals surface area contributed by atoms with E-state index < -0.39 is 6.10 Å². The molecule has 0 saturated carbocycles. The van der Waals surface area contributed by atoms with E-state index in [0.717, 1.165) is 23.3 Å². The second kappa shape index (κ2) is 5.54. The van der Waals surface area contributed by atoms with E-state index in [4.69, 9.17) is 4.74 Å². The lowest BCUT2D eigenvalue weighted by atomic mass is 9.93. The number of aliphatic hydroxyl groups excluding tert-OH is 1. The maximum absolute atomic E-state index is 9.71. The summed E-state index contributed by atoms with van der Waals surface area (Å²) in [7, 11) is 0. The van der Waals surface area contributed by atoms with Crippen molar-refractivity contribution >= 4 is 0 Å². The summed E-state index contributed by atoms with van der Waals surface area (Å²) < 4.78 is 5.77. The number of hydrogen-bond donors (Lipinski definition) is 1. The van der Waals surface area contributed by atoms with Crippen LogP contribution in [0.25, 0.3) is 0 Å². The van der Waals surface area contributed by atoms with Gasteiger partial charge in [0.15, 0.2) is 0 Å². The highest BCUT2D eigenvalue weighted by Crippen LogP contribution is 2.27. The Bertz CT molecular complexity index is 362. The summed E-state index contributed by atoms with van der Waals surface area (Å²) in [5.74, 6) is 0.801. The van der Waals surface area contributed by atoms with E-state index in [1.807, 2.05) is 25.1 Å². The smallest absolute Gasteiger partial charge is 0.125 e.